The number of esters is 1. The number of pyridine rings is 1. The van der Waals surface area contributed by atoms with Crippen molar-refractivity contribution >= 4 is 39.1 Å². The van der Waals surface area contributed by atoms with Crippen LogP contribution < -0.4 is 11.1 Å². The summed E-state index contributed by atoms with van der Waals surface area (Å²) in [7, 11) is 1.32. The number of nitrogens with two attached hydrogens (primary N) is 1. The zero-order valence-electron chi connectivity index (χ0n) is 11.1. The van der Waals surface area contributed by atoms with E-state index in [1.54, 1.807) is 0 Å². The van der Waals surface area contributed by atoms with Gasteiger partial charge < -0.3 is 15.8 Å². The van der Waals surface area contributed by atoms with Crippen molar-refractivity contribution in [1.82, 2.24) is 4.98 Å². The topological polar surface area (TPSA) is 77.2 Å². The van der Waals surface area contributed by atoms with Gasteiger partial charge in [0.25, 0.3) is 0 Å². The molecule has 3 N–H and O–H groups in total. The zero-order valence-corrected chi connectivity index (χ0v) is 12.7. The van der Waals surface area contributed by atoms with E-state index in [2.05, 4.69) is 26.2 Å². The summed E-state index contributed by atoms with van der Waals surface area (Å²) in [4.78, 5) is 15.9. The Morgan fingerprint density at radius 3 is 2.90 bits per heavy atom. The maximum Gasteiger partial charge on any atom is 0.341 e. The zero-order chi connectivity index (χ0) is 14.7. The van der Waals surface area contributed by atoms with Crippen LogP contribution in [0.1, 0.15) is 15.9 Å². The standard InChI is InChI=1S/C14H14BrN3O2/c1-8-4-3-5-11(12(8)15)18-13-10(14(19)20-2)6-9(16)7-17-13/h3-7H,16H2,1-2H3,(H,17,18). The predicted molar refractivity (Wildman–Crippen MR) is 82.2 cm³/mol. The predicted octanol–water partition coefficient (Wildman–Crippen LogP) is 3.26. The second-order valence-electron chi connectivity index (χ2n) is 4.22. The maximum absolute atomic E-state index is 11.8. The first kappa shape index (κ1) is 14.3. The molecule has 0 spiro atoms. The number of hydrogen-bond donors (Lipinski definition) is 2. The highest BCUT2D eigenvalue weighted by Gasteiger charge is 2.15. The molecule has 0 saturated carbocycles. The number of nitrogens with zero attached hydrogens (tertiary/aromatic N) is 1. The number of hydrogen-bond acceptors (Lipinski definition) is 5. The number of rotatable bonds is 3. The highest BCUT2D eigenvalue weighted by Crippen LogP contribution is 2.29. The Bertz CT molecular complexity index is 659. The van der Waals surface area contributed by atoms with Crippen LogP contribution in [0.4, 0.5) is 17.2 Å². The minimum Gasteiger partial charge on any atom is -0.465 e. The average molecular weight is 336 g/mol. The van der Waals surface area contributed by atoms with E-state index < -0.39 is 5.97 Å². The number of halogens is 1. The molecule has 0 unspecified atom stereocenters. The van der Waals surface area contributed by atoms with E-state index in [1.165, 1.54) is 19.4 Å². The van der Waals surface area contributed by atoms with E-state index in [-0.39, 0.29) is 0 Å². The molecule has 20 heavy (non-hydrogen) atoms. The molecule has 0 aliphatic rings. The normalized spacial score (nSPS) is 10.2. The van der Waals surface area contributed by atoms with Crippen LogP contribution in [0, 0.1) is 6.92 Å². The van der Waals surface area contributed by atoms with Crippen molar-refractivity contribution in [3.05, 3.63) is 46.1 Å². The molecule has 1 heterocycles. The fourth-order valence-electron chi connectivity index (χ4n) is 1.72. The summed E-state index contributed by atoms with van der Waals surface area (Å²) in [6.45, 7) is 1.98. The lowest BCUT2D eigenvalue weighted by Crippen LogP contribution is -2.08. The SMILES string of the molecule is COC(=O)c1cc(N)cnc1Nc1cccc(C)c1Br. The van der Waals surface area contributed by atoms with Crippen molar-refractivity contribution < 1.29 is 9.53 Å². The number of aryl methyl sites for hydroxylation is 1. The molecular weight excluding hydrogens is 322 g/mol. The molecule has 1 aromatic heterocycles. The number of nitrogens with one attached hydrogen (secondary N) is 1. The van der Waals surface area contributed by atoms with E-state index in [1.807, 2.05) is 25.1 Å². The van der Waals surface area contributed by atoms with Crippen molar-refractivity contribution in [3.63, 3.8) is 0 Å². The minimum atomic E-state index is -0.490. The van der Waals surface area contributed by atoms with Crippen LogP contribution in [0.3, 0.4) is 0 Å². The second-order valence-corrected chi connectivity index (χ2v) is 5.01. The summed E-state index contributed by atoms with van der Waals surface area (Å²) < 4.78 is 5.65. The third-order valence-corrected chi connectivity index (χ3v) is 3.81. The minimum absolute atomic E-state index is 0.293. The van der Waals surface area contributed by atoms with Gasteiger partial charge in [0, 0.05) is 4.47 Å². The largest absolute Gasteiger partial charge is 0.465 e. The van der Waals surface area contributed by atoms with Crippen LogP contribution in [-0.2, 0) is 4.74 Å². The molecule has 0 atom stereocenters. The number of carbonyl (C=O) groups excluding carboxylic acids is 1. The lowest BCUT2D eigenvalue weighted by atomic mass is 10.2. The molecule has 0 aliphatic heterocycles. The van der Waals surface area contributed by atoms with Crippen LogP contribution in [0.2, 0.25) is 0 Å². The third kappa shape index (κ3) is 2.91. The molecule has 0 fully saturated rings. The van der Waals surface area contributed by atoms with Crippen molar-refractivity contribution in [3.8, 4) is 0 Å². The summed E-state index contributed by atoms with van der Waals surface area (Å²) in [5.74, 6) is -0.0894. The molecule has 0 amide bonds. The molecule has 6 heteroatoms. The van der Waals surface area contributed by atoms with Gasteiger partial charge in [0.05, 0.1) is 24.7 Å². The number of methoxy groups -OCH3 is 1. The fraction of sp³-hybridized carbons (Fsp3) is 0.143. The lowest BCUT2D eigenvalue weighted by molar-refractivity contribution is 0.0601. The van der Waals surface area contributed by atoms with Gasteiger partial charge in [0.1, 0.15) is 11.4 Å². The first-order valence-electron chi connectivity index (χ1n) is 5.89. The van der Waals surface area contributed by atoms with Crippen molar-refractivity contribution in [2.45, 2.75) is 6.92 Å². The van der Waals surface area contributed by atoms with Gasteiger partial charge in [0.2, 0.25) is 0 Å². The summed E-state index contributed by atoms with van der Waals surface area (Å²) in [5.41, 5.74) is 8.24. The van der Waals surface area contributed by atoms with Crippen LogP contribution >= 0.6 is 15.9 Å². The molecule has 2 aromatic rings. The number of benzene rings is 1. The Morgan fingerprint density at radius 1 is 1.45 bits per heavy atom. The first-order chi connectivity index (χ1) is 9.52. The Kier molecular flexibility index (Phi) is 4.24. The van der Waals surface area contributed by atoms with E-state index in [4.69, 9.17) is 10.5 Å². The van der Waals surface area contributed by atoms with Gasteiger partial charge in [-0.15, -0.1) is 0 Å². The monoisotopic (exact) mass is 335 g/mol. The van der Waals surface area contributed by atoms with E-state index in [9.17, 15) is 4.79 Å². The Morgan fingerprint density at radius 2 is 2.20 bits per heavy atom. The number of carbonyl (C=O) groups is 1. The molecule has 5 nitrogen and oxygen atoms in total. The molecular formula is C14H14BrN3O2. The molecule has 2 rings (SSSR count). The molecule has 0 aliphatic carbocycles. The summed E-state index contributed by atoms with van der Waals surface area (Å²) in [5, 5.41) is 3.11. The highest BCUT2D eigenvalue weighted by atomic mass is 79.9. The number of nitrogen functional groups attached to an aromatic ring is 1. The van der Waals surface area contributed by atoms with Gasteiger partial charge in [-0.3, -0.25) is 0 Å². The summed E-state index contributed by atoms with van der Waals surface area (Å²) in [6, 6.07) is 7.31. The van der Waals surface area contributed by atoms with E-state index >= 15 is 0 Å². The van der Waals surface area contributed by atoms with Crippen molar-refractivity contribution in [2.75, 3.05) is 18.2 Å². The quantitative estimate of drug-likeness (QED) is 0.842. The van der Waals surface area contributed by atoms with Crippen LogP contribution in [0.5, 0.6) is 0 Å². The van der Waals surface area contributed by atoms with Gasteiger partial charge >= 0.3 is 5.97 Å². The molecule has 0 bridgehead atoms. The van der Waals surface area contributed by atoms with Gasteiger partial charge in [-0.2, -0.15) is 0 Å². The number of aromatic nitrogens is 1. The lowest BCUT2D eigenvalue weighted by Gasteiger charge is -2.12. The van der Waals surface area contributed by atoms with Crippen LogP contribution in [0.15, 0.2) is 34.9 Å². The highest BCUT2D eigenvalue weighted by molar-refractivity contribution is 9.10. The van der Waals surface area contributed by atoms with E-state index in [0.29, 0.717) is 17.1 Å². The van der Waals surface area contributed by atoms with Crippen LogP contribution in [0.25, 0.3) is 0 Å². The smallest absolute Gasteiger partial charge is 0.341 e. The number of ether oxygens (including phenoxy) is 1. The Labute approximate surface area is 125 Å². The maximum atomic E-state index is 11.8. The van der Waals surface area contributed by atoms with Gasteiger partial charge in [-0.1, -0.05) is 12.1 Å². The van der Waals surface area contributed by atoms with Gasteiger partial charge in [0.15, 0.2) is 0 Å². The molecule has 0 saturated heterocycles. The Hall–Kier alpha value is -2.08. The average Bonchev–Trinajstić information content (AvgIpc) is 2.44. The number of anilines is 3. The molecule has 1 aromatic carbocycles. The first-order valence-corrected chi connectivity index (χ1v) is 6.68. The van der Waals surface area contributed by atoms with Gasteiger partial charge in [-0.25, -0.2) is 9.78 Å². The molecule has 104 valence electrons. The summed E-state index contributed by atoms with van der Waals surface area (Å²) >= 11 is 3.50. The Balaban J connectivity index is 2.43. The second kappa shape index (κ2) is 5.92. The third-order valence-electron chi connectivity index (χ3n) is 2.76. The summed E-state index contributed by atoms with van der Waals surface area (Å²) in [6.07, 6.45) is 1.48. The van der Waals surface area contributed by atoms with E-state index in [0.717, 1.165) is 15.7 Å². The fourth-order valence-corrected chi connectivity index (χ4v) is 2.08. The molecule has 0 radical (unpaired) electrons. The van der Waals surface area contributed by atoms with Crippen molar-refractivity contribution in [2.24, 2.45) is 0 Å². The van der Waals surface area contributed by atoms with Crippen molar-refractivity contribution in [1.29, 1.82) is 0 Å². The van der Waals surface area contributed by atoms with Crippen LogP contribution in [-0.4, -0.2) is 18.1 Å². The van der Waals surface area contributed by atoms with Gasteiger partial charge in [-0.05, 0) is 40.5 Å².